The molecule has 6 heteroatoms. The minimum absolute atomic E-state index is 0.0931. The van der Waals surface area contributed by atoms with Gasteiger partial charge in [-0.2, -0.15) is 0 Å². The number of carbonyl (C=O) groups excluding carboxylic acids is 1. The van der Waals surface area contributed by atoms with Crippen LogP contribution < -0.4 is 10.9 Å². The van der Waals surface area contributed by atoms with Crippen LogP contribution in [0.15, 0.2) is 59.7 Å². The molecule has 0 unspecified atom stereocenters. The maximum atomic E-state index is 13.2. The van der Waals surface area contributed by atoms with Crippen molar-refractivity contribution in [3.8, 4) is 5.69 Å². The van der Waals surface area contributed by atoms with Gasteiger partial charge in [0.25, 0.3) is 5.56 Å². The molecular weight excluding hydrogens is 376 g/mol. The van der Waals surface area contributed by atoms with E-state index in [-0.39, 0.29) is 18.0 Å². The summed E-state index contributed by atoms with van der Waals surface area (Å²) in [6.07, 6.45) is 1.45. The average Bonchev–Trinajstić information content (AvgIpc) is 2.99. The molecule has 0 aliphatic rings. The highest BCUT2D eigenvalue weighted by molar-refractivity contribution is 5.92. The Kier molecular flexibility index (Phi) is 4.99. The number of rotatable bonds is 4. The van der Waals surface area contributed by atoms with Crippen molar-refractivity contribution in [1.29, 1.82) is 0 Å². The minimum Gasteiger partial charge on any atom is -0.324 e. The second-order valence-corrected chi connectivity index (χ2v) is 7.55. The van der Waals surface area contributed by atoms with E-state index in [1.54, 1.807) is 0 Å². The molecule has 0 bridgehead atoms. The highest BCUT2D eigenvalue weighted by atomic mass is 16.2. The third-order valence-electron chi connectivity index (χ3n) is 5.69. The molecular formula is C24H24N4O2. The minimum atomic E-state index is -0.260. The van der Waals surface area contributed by atoms with E-state index in [9.17, 15) is 9.59 Å². The molecule has 0 saturated heterocycles. The summed E-state index contributed by atoms with van der Waals surface area (Å²) in [5.74, 6) is -0.260. The molecule has 2 aromatic carbocycles. The van der Waals surface area contributed by atoms with Crippen LogP contribution in [0.1, 0.15) is 22.4 Å². The monoisotopic (exact) mass is 400 g/mol. The first-order chi connectivity index (χ1) is 14.4. The predicted molar refractivity (Wildman–Crippen MR) is 119 cm³/mol. The number of hydrogen-bond donors (Lipinski definition) is 1. The van der Waals surface area contributed by atoms with Crippen LogP contribution in [0.5, 0.6) is 0 Å². The Morgan fingerprint density at radius 3 is 2.43 bits per heavy atom. The number of hydrogen-bond acceptors (Lipinski definition) is 3. The van der Waals surface area contributed by atoms with Crippen LogP contribution >= 0.6 is 0 Å². The number of carbonyl (C=O) groups is 1. The zero-order valence-electron chi connectivity index (χ0n) is 17.6. The van der Waals surface area contributed by atoms with E-state index in [0.29, 0.717) is 11.0 Å². The van der Waals surface area contributed by atoms with Crippen LogP contribution in [0, 0.1) is 27.7 Å². The predicted octanol–water partition coefficient (Wildman–Crippen LogP) is 4.06. The summed E-state index contributed by atoms with van der Waals surface area (Å²) in [7, 11) is 0. The number of amides is 1. The van der Waals surface area contributed by atoms with Gasteiger partial charge in [-0.1, -0.05) is 30.3 Å². The lowest BCUT2D eigenvalue weighted by Crippen LogP contribution is -2.28. The van der Waals surface area contributed by atoms with E-state index in [1.807, 2.05) is 80.8 Å². The molecule has 2 heterocycles. The fourth-order valence-electron chi connectivity index (χ4n) is 3.72. The standard InChI is InChI=1S/C24H24N4O2/c1-15-9-8-12-20(16(15)2)26-21(29)13-27-14-25-23-22(24(27)30)17(3)18(4)28(23)19-10-6-5-7-11-19/h5-12,14H,13H2,1-4H3,(H,26,29). The van der Waals surface area contributed by atoms with Gasteiger partial charge in [0.05, 0.1) is 5.39 Å². The van der Waals surface area contributed by atoms with E-state index >= 15 is 0 Å². The van der Waals surface area contributed by atoms with Gasteiger partial charge in [-0.3, -0.25) is 18.7 Å². The molecule has 6 nitrogen and oxygen atoms in total. The summed E-state index contributed by atoms with van der Waals surface area (Å²) in [5.41, 5.74) is 6.03. The van der Waals surface area contributed by atoms with Crippen LogP contribution in [0.4, 0.5) is 5.69 Å². The molecule has 0 atom stereocenters. The van der Waals surface area contributed by atoms with E-state index < -0.39 is 0 Å². The third-order valence-corrected chi connectivity index (χ3v) is 5.69. The number of anilines is 1. The van der Waals surface area contributed by atoms with Gasteiger partial charge >= 0.3 is 0 Å². The van der Waals surface area contributed by atoms with Crippen LogP contribution in [0.2, 0.25) is 0 Å². The molecule has 0 spiro atoms. The molecule has 0 saturated carbocycles. The number of fused-ring (bicyclic) bond motifs is 1. The quantitative estimate of drug-likeness (QED) is 0.562. The van der Waals surface area contributed by atoms with Gasteiger partial charge in [0.2, 0.25) is 5.91 Å². The molecule has 1 N–H and O–H groups in total. The summed E-state index contributed by atoms with van der Waals surface area (Å²) >= 11 is 0. The van der Waals surface area contributed by atoms with Crippen molar-refractivity contribution in [1.82, 2.24) is 14.1 Å². The molecule has 0 aliphatic heterocycles. The maximum Gasteiger partial charge on any atom is 0.263 e. The summed E-state index contributed by atoms with van der Waals surface area (Å²) in [6.45, 7) is 7.75. The zero-order valence-corrected chi connectivity index (χ0v) is 17.6. The van der Waals surface area contributed by atoms with Gasteiger partial charge in [-0.25, -0.2) is 4.98 Å². The Hall–Kier alpha value is -3.67. The summed E-state index contributed by atoms with van der Waals surface area (Å²) in [4.78, 5) is 30.3. The molecule has 4 aromatic rings. The van der Waals surface area contributed by atoms with Gasteiger partial charge in [-0.15, -0.1) is 0 Å². The van der Waals surface area contributed by atoms with Crippen molar-refractivity contribution in [3.63, 3.8) is 0 Å². The first kappa shape index (κ1) is 19.6. The van der Waals surface area contributed by atoms with Gasteiger partial charge in [0, 0.05) is 17.1 Å². The zero-order chi connectivity index (χ0) is 21.4. The molecule has 30 heavy (non-hydrogen) atoms. The van der Waals surface area contributed by atoms with Crippen molar-refractivity contribution >= 4 is 22.6 Å². The summed E-state index contributed by atoms with van der Waals surface area (Å²) in [6, 6.07) is 15.6. The van der Waals surface area contributed by atoms with Crippen molar-refractivity contribution in [2.45, 2.75) is 34.2 Å². The number of nitrogens with one attached hydrogen (secondary N) is 1. The second kappa shape index (κ2) is 7.63. The number of nitrogens with zero attached hydrogens (tertiary/aromatic N) is 3. The highest BCUT2D eigenvalue weighted by Gasteiger charge is 2.18. The van der Waals surface area contributed by atoms with Crippen LogP contribution in [-0.4, -0.2) is 20.0 Å². The third kappa shape index (κ3) is 3.30. The van der Waals surface area contributed by atoms with Crippen molar-refractivity contribution in [2.24, 2.45) is 0 Å². The first-order valence-electron chi connectivity index (χ1n) is 9.87. The molecule has 4 rings (SSSR count). The van der Waals surface area contributed by atoms with E-state index in [4.69, 9.17) is 0 Å². The number of aromatic nitrogens is 3. The molecule has 0 radical (unpaired) electrons. The number of aryl methyl sites for hydroxylation is 2. The van der Waals surface area contributed by atoms with Crippen LogP contribution in [0.3, 0.4) is 0 Å². The summed E-state index contributed by atoms with van der Waals surface area (Å²) in [5, 5.41) is 3.44. The average molecular weight is 400 g/mol. The SMILES string of the molecule is Cc1cccc(NC(=O)Cn2cnc3c(c(C)c(C)n3-c3ccccc3)c2=O)c1C. The number of para-hydroxylation sites is 1. The van der Waals surface area contributed by atoms with Gasteiger partial charge < -0.3 is 5.32 Å². The fraction of sp³-hybridized carbons (Fsp3) is 0.208. The fourth-order valence-corrected chi connectivity index (χ4v) is 3.72. The maximum absolute atomic E-state index is 13.2. The Morgan fingerprint density at radius 2 is 1.70 bits per heavy atom. The molecule has 1 amide bonds. The van der Waals surface area contributed by atoms with E-state index in [0.717, 1.165) is 33.8 Å². The molecule has 0 fully saturated rings. The van der Waals surface area contributed by atoms with Crippen LogP contribution in [-0.2, 0) is 11.3 Å². The van der Waals surface area contributed by atoms with E-state index in [1.165, 1.54) is 10.9 Å². The second-order valence-electron chi connectivity index (χ2n) is 7.55. The molecule has 0 aliphatic carbocycles. The van der Waals surface area contributed by atoms with Gasteiger partial charge in [-0.05, 0) is 62.6 Å². The number of benzene rings is 2. The van der Waals surface area contributed by atoms with Crippen molar-refractivity contribution in [2.75, 3.05) is 5.32 Å². The lowest BCUT2D eigenvalue weighted by atomic mass is 10.1. The Labute approximate surface area is 174 Å². The molecule has 152 valence electrons. The Bertz CT molecular complexity index is 1320. The lowest BCUT2D eigenvalue weighted by Gasteiger charge is -2.11. The van der Waals surface area contributed by atoms with Crippen molar-refractivity contribution in [3.05, 3.63) is 87.6 Å². The van der Waals surface area contributed by atoms with Crippen molar-refractivity contribution < 1.29 is 4.79 Å². The van der Waals surface area contributed by atoms with Gasteiger partial charge in [0.15, 0.2) is 5.65 Å². The van der Waals surface area contributed by atoms with Gasteiger partial charge in [0.1, 0.15) is 12.9 Å². The largest absolute Gasteiger partial charge is 0.324 e. The van der Waals surface area contributed by atoms with E-state index in [2.05, 4.69) is 10.3 Å². The topological polar surface area (TPSA) is 68.9 Å². The highest BCUT2D eigenvalue weighted by Crippen LogP contribution is 2.24. The normalized spacial score (nSPS) is 11.1. The summed E-state index contributed by atoms with van der Waals surface area (Å²) < 4.78 is 3.34. The Balaban J connectivity index is 1.71. The van der Waals surface area contributed by atoms with Crippen LogP contribution in [0.25, 0.3) is 16.7 Å². The smallest absolute Gasteiger partial charge is 0.263 e. The lowest BCUT2D eigenvalue weighted by molar-refractivity contribution is -0.116. The molecule has 2 aromatic heterocycles. The Morgan fingerprint density at radius 1 is 0.967 bits per heavy atom. The first-order valence-corrected chi connectivity index (χ1v) is 9.87.